The summed E-state index contributed by atoms with van der Waals surface area (Å²) < 4.78 is 75.0. The highest BCUT2D eigenvalue weighted by Gasteiger charge is 2.39. The van der Waals surface area contributed by atoms with Crippen molar-refractivity contribution in [1.82, 2.24) is 34.1 Å². The van der Waals surface area contributed by atoms with E-state index in [2.05, 4.69) is 24.9 Å². The van der Waals surface area contributed by atoms with Gasteiger partial charge in [0.15, 0.2) is 0 Å². The topological polar surface area (TPSA) is 183 Å². The van der Waals surface area contributed by atoms with Gasteiger partial charge in [-0.3, -0.25) is 14.8 Å². The fraction of sp³-hybridized carbons (Fsp3) is 0.256. The van der Waals surface area contributed by atoms with Gasteiger partial charge in [0.2, 0.25) is 16.0 Å². The number of morpholine rings is 1. The Morgan fingerprint density at radius 3 is 1.97 bits per heavy atom. The van der Waals surface area contributed by atoms with E-state index in [9.17, 15) is 26.4 Å². The molecule has 60 heavy (non-hydrogen) atoms. The molecule has 6 aromatic rings. The Morgan fingerprint density at radius 1 is 0.717 bits per heavy atom. The van der Waals surface area contributed by atoms with E-state index in [0.29, 0.717) is 63.4 Å². The van der Waals surface area contributed by atoms with Crippen molar-refractivity contribution in [3.05, 3.63) is 121 Å². The summed E-state index contributed by atoms with van der Waals surface area (Å²) in [5.41, 5.74) is 16.0. The van der Waals surface area contributed by atoms with Crippen LogP contribution in [-0.4, -0.2) is 92.8 Å². The summed E-state index contributed by atoms with van der Waals surface area (Å²) in [6, 6.07) is 22.1. The number of nitrogen functional groups attached to an aromatic ring is 2. The summed E-state index contributed by atoms with van der Waals surface area (Å²) in [5.74, 6) is -2.92. The Labute approximate surface area is 345 Å². The summed E-state index contributed by atoms with van der Waals surface area (Å²) in [6.45, 7) is 4.54. The molecular formula is C43H42F3N9O4S. The Balaban J connectivity index is 0.000000181. The molecule has 0 spiro atoms. The number of hydrogen-bond acceptors (Lipinski definition) is 11. The molecule has 2 unspecified atom stereocenters. The van der Waals surface area contributed by atoms with Gasteiger partial charge < -0.3 is 21.1 Å². The molecule has 2 saturated heterocycles. The number of ether oxygens (including phenoxy) is 1. The Bertz CT molecular complexity index is 2560. The number of pyridine rings is 1. The lowest BCUT2D eigenvalue weighted by atomic mass is 9.96. The van der Waals surface area contributed by atoms with Gasteiger partial charge in [-0.2, -0.15) is 4.31 Å². The highest BCUT2D eigenvalue weighted by Crippen LogP contribution is 2.35. The smallest absolute Gasteiger partial charge is 0.254 e. The highest BCUT2D eigenvalue weighted by atomic mass is 32.2. The molecule has 0 saturated carbocycles. The van der Waals surface area contributed by atoms with Crippen LogP contribution < -0.4 is 11.5 Å². The first-order chi connectivity index (χ1) is 28.7. The number of rotatable bonds is 7. The van der Waals surface area contributed by atoms with Crippen molar-refractivity contribution in [2.24, 2.45) is 0 Å². The van der Waals surface area contributed by atoms with Crippen LogP contribution in [0.15, 0.2) is 115 Å². The molecule has 2 atom stereocenters. The van der Waals surface area contributed by atoms with Gasteiger partial charge in [-0.1, -0.05) is 48.5 Å². The Kier molecular flexibility index (Phi) is 12.2. The average molecular weight is 838 g/mol. The molecule has 0 bridgehead atoms. The first-order valence-corrected chi connectivity index (χ1v) is 20.6. The number of anilines is 2. The molecule has 5 heterocycles. The third-order valence-corrected chi connectivity index (χ3v) is 12.0. The Hall–Kier alpha value is -6.30. The zero-order valence-electron chi connectivity index (χ0n) is 32.7. The van der Waals surface area contributed by atoms with E-state index in [1.165, 1.54) is 24.5 Å². The van der Waals surface area contributed by atoms with Gasteiger partial charge in [-0.25, -0.2) is 36.5 Å². The minimum Gasteiger partial charge on any atom is -0.382 e. The van der Waals surface area contributed by atoms with E-state index in [4.69, 9.17) is 16.2 Å². The molecule has 2 aliphatic heterocycles. The van der Waals surface area contributed by atoms with Gasteiger partial charge in [-0.15, -0.1) is 0 Å². The monoisotopic (exact) mass is 837 g/mol. The van der Waals surface area contributed by atoms with Gasteiger partial charge in [0.25, 0.3) is 11.8 Å². The molecular weight excluding hydrogens is 796 g/mol. The number of carbonyl (C=O) groups excluding carboxylic acids is 1. The molecule has 13 nitrogen and oxygen atoms in total. The number of sulfonamides is 1. The lowest BCUT2D eigenvalue weighted by molar-refractivity contribution is -0.0586. The van der Waals surface area contributed by atoms with Gasteiger partial charge >= 0.3 is 0 Å². The van der Waals surface area contributed by atoms with E-state index in [1.54, 1.807) is 72.0 Å². The van der Waals surface area contributed by atoms with Crippen LogP contribution in [-0.2, 0) is 14.8 Å². The number of hydrogen-bond donors (Lipinski definition) is 2. The van der Waals surface area contributed by atoms with Crippen molar-refractivity contribution in [1.29, 1.82) is 0 Å². The predicted molar refractivity (Wildman–Crippen MR) is 221 cm³/mol. The van der Waals surface area contributed by atoms with E-state index in [0.717, 1.165) is 4.31 Å². The highest BCUT2D eigenvalue weighted by molar-refractivity contribution is 7.89. The third kappa shape index (κ3) is 9.43. The van der Waals surface area contributed by atoms with Crippen molar-refractivity contribution in [2.75, 3.05) is 37.6 Å². The number of piperidine rings is 1. The molecule has 1 amide bonds. The molecule has 4 N–H and O–H groups in total. The SMILES string of the molecule is CC1CN(C(=O)c2ccccc2-c2ccc(-c3cnc(N)cn3)c(F)c2)CC(C)O1.Nc1ncc(-c2ccc(-c3ccccc3S(=O)(=O)N3CCC(F)(F)CC3)cn2)cn1. The number of amides is 1. The predicted octanol–water partition coefficient (Wildman–Crippen LogP) is 6.99. The van der Waals surface area contributed by atoms with Crippen molar-refractivity contribution < 1.29 is 31.1 Å². The standard InChI is InChI=1S/C23H23FN4O2.C20H19F2N5O2S/c1-14-12-28(13-15(2)30-14)23(29)18-6-4-3-5-17(18)16-7-8-19(20(24)9-16)21-10-27-22(25)11-26-21;21-20(22)7-9-27(10-8-20)30(28,29)18-4-2-1-3-16(18)14-5-6-17(24-11-14)15-12-25-19(23)26-13-15/h3-11,14-15H,12-13H2,1-2H3,(H2,25,27);1-6,11-13H,7-10H2,(H2,23,25,26). The van der Waals surface area contributed by atoms with Crippen molar-refractivity contribution in [2.45, 2.75) is 49.7 Å². The minimum atomic E-state index is -3.92. The molecule has 2 fully saturated rings. The number of aromatic nitrogens is 5. The second kappa shape index (κ2) is 17.5. The van der Waals surface area contributed by atoms with Crippen LogP contribution in [0.3, 0.4) is 0 Å². The number of carbonyl (C=O) groups is 1. The van der Waals surface area contributed by atoms with E-state index in [1.807, 2.05) is 32.0 Å². The fourth-order valence-electron chi connectivity index (χ4n) is 7.12. The van der Waals surface area contributed by atoms with Crippen LogP contribution in [0, 0.1) is 5.82 Å². The number of nitrogens with zero attached hydrogens (tertiary/aromatic N) is 7. The maximum atomic E-state index is 14.9. The van der Waals surface area contributed by atoms with Crippen molar-refractivity contribution >= 4 is 27.7 Å². The van der Waals surface area contributed by atoms with Crippen LogP contribution in [0.4, 0.5) is 24.9 Å². The van der Waals surface area contributed by atoms with Gasteiger partial charge in [0, 0.05) is 85.4 Å². The average Bonchev–Trinajstić information content (AvgIpc) is 3.24. The van der Waals surface area contributed by atoms with Gasteiger partial charge in [0.1, 0.15) is 11.6 Å². The zero-order chi connectivity index (χ0) is 42.6. The fourth-order valence-corrected chi connectivity index (χ4v) is 8.78. The summed E-state index contributed by atoms with van der Waals surface area (Å²) >= 11 is 0. The van der Waals surface area contributed by atoms with E-state index >= 15 is 0 Å². The molecule has 0 radical (unpaired) electrons. The van der Waals surface area contributed by atoms with Crippen LogP contribution in [0.5, 0.6) is 0 Å². The van der Waals surface area contributed by atoms with Crippen molar-refractivity contribution in [3.8, 4) is 44.8 Å². The summed E-state index contributed by atoms with van der Waals surface area (Å²) in [6.07, 6.45) is 6.48. The summed E-state index contributed by atoms with van der Waals surface area (Å²) in [7, 11) is -3.92. The molecule has 17 heteroatoms. The first-order valence-electron chi connectivity index (χ1n) is 19.1. The molecule has 3 aromatic carbocycles. The molecule has 3 aromatic heterocycles. The lowest BCUT2D eigenvalue weighted by Gasteiger charge is -2.35. The molecule has 2 aliphatic rings. The van der Waals surface area contributed by atoms with Gasteiger partial charge in [0.05, 0.1) is 40.9 Å². The van der Waals surface area contributed by atoms with Crippen molar-refractivity contribution in [3.63, 3.8) is 0 Å². The lowest BCUT2D eigenvalue weighted by Crippen LogP contribution is -2.48. The number of halogens is 3. The van der Waals surface area contributed by atoms with Gasteiger partial charge in [-0.05, 0) is 55.3 Å². The van der Waals surface area contributed by atoms with Crippen LogP contribution in [0.1, 0.15) is 37.0 Å². The van der Waals surface area contributed by atoms with Crippen LogP contribution in [0.25, 0.3) is 44.8 Å². The maximum absolute atomic E-state index is 14.9. The molecule has 8 rings (SSSR count). The first kappa shape index (κ1) is 41.8. The number of alkyl halides is 2. The minimum absolute atomic E-state index is 0.0254. The second-order valence-electron chi connectivity index (χ2n) is 14.6. The quantitative estimate of drug-likeness (QED) is 0.169. The maximum Gasteiger partial charge on any atom is 0.254 e. The Morgan fingerprint density at radius 2 is 1.33 bits per heavy atom. The second-order valence-corrected chi connectivity index (χ2v) is 16.5. The normalized spacial score (nSPS) is 18.0. The molecule has 310 valence electrons. The van der Waals surface area contributed by atoms with Crippen LogP contribution in [0.2, 0.25) is 0 Å². The number of benzene rings is 3. The van der Waals surface area contributed by atoms with Crippen LogP contribution >= 0.6 is 0 Å². The summed E-state index contributed by atoms with van der Waals surface area (Å²) in [4.78, 5) is 35.5. The summed E-state index contributed by atoms with van der Waals surface area (Å²) in [5, 5.41) is 0. The molecule has 0 aliphatic carbocycles. The largest absolute Gasteiger partial charge is 0.382 e. The number of nitrogens with two attached hydrogens (primary N) is 2. The zero-order valence-corrected chi connectivity index (χ0v) is 33.6. The third-order valence-electron chi connectivity index (χ3n) is 10.1. The van der Waals surface area contributed by atoms with E-state index in [-0.39, 0.29) is 47.9 Å². The van der Waals surface area contributed by atoms with E-state index < -0.39 is 34.6 Å².